The number of nitrogen functional groups attached to an aromatic ring is 1. The summed E-state index contributed by atoms with van der Waals surface area (Å²) in [6, 6.07) is 3.51. The highest BCUT2D eigenvalue weighted by molar-refractivity contribution is 5.42. The maximum absolute atomic E-state index is 5.79. The van der Waals surface area contributed by atoms with E-state index in [0.717, 1.165) is 5.56 Å². The minimum absolute atomic E-state index is 0.198. The number of ether oxygens (including phenoxy) is 1. The lowest BCUT2D eigenvalue weighted by Gasteiger charge is -2.33. The summed E-state index contributed by atoms with van der Waals surface area (Å²) in [4.78, 5) is 4.02. The summed E-state index contributed by atoms with van der Waals surface area (Å²) in [5.74, 6) is 5.99. The molecule has 1 aromatic rings. The molecule has 0 radical (unpaired) electrons. The number of pyridine rings is 1. The van der Waals surface area contributed by atoms with Crippen LogP contribution >= 0.6 is 0 Å². The van der Waals surface area contributed by atoms with Crippen LogP contribution in [0.1, 0.15) is 25.5 Å². The number of hydrogen-bond donors (Lipinski definition) is 3. The van der Waals surface area contributed by atoms with Crippen LogP contribution in [0.15, 0.2) is 18.3 Å². The third kappa shape index (κ3) is 2.44. The average molecular weight is 210 g/mol. The van der Waals surface area contributed by atoms with Gasteiger partial charge in [0.25, 0.3) is 0 Å². The zero-order valence-corrected chi connectivity index (χ0v) is 9.32. The minimum atomic E-state index is -0.452. The Kier molecular flexibility index (Phi) is 3.62. The molecule has 0 aromatic carbocycles. The Morgan fingerprint density at radius 3 is 2.67 bits per heavy atom. The Morgan fingerprint density at radius 1 is 1.53 bits per heavy atom. The molecule has 0 saturated heterocycles. The Morgan fingerprint density at radius 2 is 2.20 bits per heavy atom. The molecule has 15 heavy (non-hydrogen) atoms. The smallest absolute Gasteiger partial charge is 0.128 e. The first-order chi connectivity index (χ1) is 7.03. The van der Waals surface area contributed by atoms with Crippen molar-refractivity contribution in [3.05, 3.63) is 23.9 Å². The first-order valence-corrected chi connectivity index (χ1v) is 4.74. The molecule has 0 aliphatic rings. The summed E-state index contributed by atoms with van der Waals surface area (Å²) in [6.07, 6.45) is 1.65. The lowest BCUT2D eigenvalue weighted by Crippen LogP contribution is -2.44. The molecule has 5 heteroatoms. The van der Waals surface area contributed by atoms with Crippen LogP contribution < -0.4 is 17.0 Å². The molecule has 0 aliphatic carbocycles. The second-order valence-electron chi connectivity index (χ2n) is 3.89. The molecule has 0 spiro atoms. The van der Waals surface area contributed by atoms with Crippen LogP contribution in [0.25, 0.3) is 0 Å². The Balaban J connectivity index is 3.08. The van der Waals surface area contributed by atoms with Crippen LogP contribution in [0.4, 0.5) is 5.82 Å². The number of methoxy groups -OCH3 is 1. The number of hydrazine groups is 1. The van der Waals surface area contributed by atoms with E-state index >= 15 is 0 Å². The number of anilines is 1. The molecular formula is C10H18N4O. The molecule has 5 N–H and O–H groups in total. The number of nitrogens with two attached hydrogens (primary N) is 2. The van der Waals surface area contributed by atoms with E-state index < -0.39 is 5.60 Å². The van der Waals surface area contributed by atoms with E-state index in [1.54, 1.807) is 13.3 Å². The molecule has 1 heterocycles. The zero-order valence-electron chi connectivity index (χ0n) is 9.32. The van der Waals surface area contributed by atoms with Crippen LogP contribution in [-0.2, 0) is 4.74 Å². The van der Waals surface area contributed by atoms with Gasteiger partial charge in [0, 0.05) is 18.9 Å². The fourth-order valence-electron chi connectivity index (χ4n) is 1.46. The van der Waals surface area contributed by atoms with Gasteiger partial charge < -0.3 is 10.5 Å². The van der Waals surface area contributed by atoms with E-state index in [-0.39, 0.29) is 6.04 Å². The number of hydrogen-bond acceptors (Lipinski definition) is 5. The number of aromatic nitrogens is 1. The molecule has 0 amide bonds. The first kappa shape index (κ1) is 11.9. The monoisotopic (exact) mass is 210 g/mol. The number of nitrogens with zero attached hydrogens (tertiary/aromatic N) is 1. The van der Waals surface area contributed by atoms with Crippen LogP contribution in [0.3, 0.4) is 0 Å². The quantitative estimate of drug-likeness (QED) is 0.500. The maximum atomic E-state index is 5.79. The fourth-order valence-corrected chi connectivity index (χ4v) is 1.46. The van der Waals surface area contributed by atoms with Gasteiger partial charge in [-0.25, -0.2) is 10.4 Å². The Labute approximate surface area is 89.8 Å². The molecular weight excluding hydrogens is 192 g/mol. The highest BCUT2D eigenvalue weighted by Gasteiger charge is 2.31. The number of rotatable bonds is 4. The van der Waals surface area contributed by atoms with Crippen molar-refractivity contribution in [1.82, 2.24) is 10.4 Å². The highest BCUT2D eigenvalue weighted by atomic mass is 16.5. The van der Waals surface area contributed by atoms with E-state index in [4.69, 9.17) is 16.3 Å². The minimum Gasteiger partial charge on any atom is -0.383 e. The zero-order chi connectivity index (χ0) is 11.5. The lowest BCUT2D eigenvalue weighted by atomic mass is 9.92. The van der Waals surface area contributed by atoms with E-state index in [2.05, 4.69) is 10.4 Å². The SMILES string of the molecule is COC(C)(C)C(NN)c1cccnc1N. The van der Waals surface area contributed by atoms with Gasteiger partial charge in [0.05, 0.1) is 11.6 Å². The third-order valence-corrected chi connectivity index (χ3v) is 2.57. The molecule has 1 aromatic heterocycles. The summed E-state index contributed by atoms with van der Waals surface area (Å²) in [6.45, 7) is 3.87. The van der Waals surface area contributed by atoms with Gasteiger partial charge in [0.15, 0.2) is 0 Å². The van der Waals surface area contributed by atoms with E-state index in [1.165, 1.54) is 0 Å². The molecule has 0 bridgehead atoms. The van der Waals surface area contributed by atoms with Crippen molar-refractivity contribution in [1.29, 1.82) is 0 Å². The summed E-state index contributed by atoms with van der Waals surface area (Å²) in [5, 5.41) is 0. The first-order valence-electron chi connectivity index (χ1n) is 4.74. The van der Waals surface area contributed by atoms with Crippen molar-refractivity contribution in [2.24, 2.45) is 5.84 Å². The van der Waals surface area contributed by atoms with Crippen molar-refractivity contribution in [2.75, 3.05) is 12.8 Å². The van der Waals surface area contributed by atoms with Crippen LogP contribution in [0.2, 0.25) is 0 Å². The van der Waals surface area contributed by atoms with Crippen molar-refractivity contribution in [2.45, 2.75) is 25.5 Å². The topological polar surface area (TPSA) is 86.2 Å². The largest absolute Gasteiger partial charge is 0.383 e. The second kappa shape index (κ2) is 4.57. The molecule has 84 valence electrons. The highest BCUT2D eigenvalue weighted by Crippen LogP contribution is 2.29. The van der Waals surface area contributed by atoms with Gasteiger partial charge in [-0.1, -0.05) is 6.07 Å². The standard InChI is InChI=1S/C10H18N4O/c1-10(2,15-3)8(14-12)7-5-4-6-13-9(7)11/h4-6,8,14H,12H2,1-3H3,(H2,11,13). The normalized spacial score (nSPS) is 13.9. The number of nitrogens with one attached hydrogen (secondary N) is 1. The Bertz CT molecular complexity index is 327. The third-order valence-electron chi connectivity index (χ3n) is 2.57. The molecule has 1 unspecified atom stereocenters. The summed E-state index contributed by atoms with van der Waals surface area (Å²) >= 11 is 0. The van der Waals surface area contributed by atoms with Crippen LogP contribution in [-0.4, -0.2) is 17.7 Å². The molecule has 0 aliphatic heterocycles. The van der Waals surface area contributed by atoms with Gasteiger partial charge >= 0.3 is 0 Å². The van der Waals surface area contributed by atoms with E-state index in [1.807, 2.05) is 26.0 Å². The van der Waals surface area contributed by atoms with Gasteiger partial charge in [-0.3, -0.25) is 5.84 Å². The van der Waals surface area contributed by atoms with Crippen molar-refractivity contribution in [3.8, 4) is 0 Å². The second-order valence-corrected chi connectivity index (χ2v) is 3.89. The van der Waals surface area contributed by atoms with Gasteiger partial charge in [0.2, 0.25) is 0 Å². The lowest BCUT2D eigenvalue weighted by molar-refractivity contribution is -0.0110. The van der Waals surface area contributed by atoms with Gasteiger partial charge in [-0.15, -0.1) is 0 Å². The predicted molar refractivity (Wildman–Crippen MR) is 59.8 cm³/mol. The average Bonchev–Trinajstić information content (AvgIpc) is 2.21. The van der Waals surface area contributed by atoms with Crippen LogP contribution in [0, 0.1) is 0 Å². The Hall–Kier alpha value is -1.17. The molecule has 0 saturated carbocycles. The van der Waals surface area contributed by atoms with Crippen LogP contribution in [0.5, 0.6) is 0 Å². The fraction of sp³-hybridized carbons (Fsp3) is 0.500. The van der Waals surface area contributed by atoms with E-state index in [0.29, 0.717) is 5.82 Å². The van der Waals surface area contributed by atoms with Gasteiger partial charge in [0.1, 0.15) is 5.82 Å². The molecule has 1 atom stereocenters. The van der Waals surface area contributed by atoms with E-state index in [9.17, 15) is 0 Å². The molecule has 0 fully saturated rings. The van der Waals surface area contributed by atoms with Gasteiger partial charge in [-0.05, 0) is 19.9 Å². The molecule has 5 nitrogen and oxygen atoms in total. The predicted octanol–water partition coefficient (Wildman–Crippen LogP) is 0.593. The van der Waals surface area contributed by atoms with Crippen molar-refractivity contribution >= 4 is 5.82 Å². The van der Waals surface area contributed by atoms with Crippen molar-refractivity contribution in [3.63, 3.8) is 0 Å². The summed E-state index contributed by atoms with van der Waals surface area (Å²) < 4.78 is 5.37. The summed E-state index contributed by atoms with van der Waals surface area (Å²) in [7, 11) is 1.64. The van der Waals surface area contributed by atoms with Gasteiger partial charge in [-0.2, -0.15) is 0 Å². The molecule has 1 rings (SSSR count). The maximum Gasteiger partial charge on any atom is 0.128 e. The van der Waals surface area contributed by atoms with Crippen molar-refractivity contribution < 1.29 is 4.74 Å². The summed E-state index contributed by atoms with van der Waals surface area (Å²) in [5.41, 5.74) is 8.88.